The largest absolute Gasteiger partial charge is 0.457 e. The number of anilines is 1. The van der Waals surface area contributed by atoms with Crippen molar-refractivity contribution in [3.05, 3.63) is 53.6 Å². The number of rotatable bonds is 8. The Morgan fingerprint density at radius 2 is 1.64 bits per heavy atom. The number of carbonyl (C=O) groups excluding carboxylic acids is 1. The molecular weight excluding hydrogens is 318 g/mol. The molecule has 0 fully saturated rings. The van der Waals surface area contributed by atoms with Crippen molar-refractivity contribution in [1.29, 1.82) is 0 Å². The molecule has 2 rings (SSSR count). The van der Waals surface area contributed by atoms with Crippen LogP contribution >= 0.6 is 0 Å². The van der Waals surface area contributed by atoms with Gasteiger partial charge in [0.1, 0.15) is 17.6 Å². The molecule has 0 saturated carbocycles. The first kappa shape index (κ1) is 19.0. The van der Waals surface area contributed by atoms with Gasteiger partial charge in [0.2, 0.25) is 0 Å². The Morgan fingerprint density at radius 3 is 2.24 bits per heavy atom. The molecule has 0 aromatic heterocycles. The van der Waals surface area contributed by atoms with E-state index in [-0.39, 0.29) is 5.91 Å². The molecule has 0 aliphatic heterocycles. The van der Waals surface area contributed by atoms with Crippen molar-refractivity contribution in [1.82, 2.24) is 0 Å². The molecule has 0 aliphatic rings. The highest BCUT2D eigenvalue weighted by atomic mass is 16.5. The first-order chi connectivity index (χ1) is 12.0. The molecule has 1 atom stereocenters. The van der Waals surface area contributed by atoms with Crippen LogP contribution in [0.2, 0.25) is 0 Å². The van der Waals surface area contributed by atoms with Crippen molar-refractivity contribution in [2.24, 2.45) is 0 Å². The fourth-order valence-corrected chi connectivity index (χ4v) is 2.36. The third-order valence-corrected chi connectivity index (χ3v) is 3.58. The van der Waals surface area contributed by atoms with Crippen LogP contribution in [0.5, 0.6) is 11.5 Å². The van der Waals surface area contributed by atoms with E-state index < -0.39 is 6.10 Å². The molecule has 0 aliphatic carbocycles. The third kappa shape index (κ3) is 6.21. The summed E-state index contributed by atoms with van der Waals surface area (Å²) in [4.78, 5) is 12.0. The SMILES string of the molecule is COCCOC(C)C(=O)Nc1ccc(Oc2cc(C)cc(C)c2)cc1. The van der Waals surface area contributed by atoms with E-state index in [4.69, 9.17) is 14.2 Å². The normalized spacial score (nSPS) is 11.8. The van der Waals surface area contributed by atoms with Gasteiger partial charge in [-0.3, -0.25) is 4.79 Å². The lowest BCUT2D eigenvalue weighted by Crippen LogP contribution is -2.28. The molecule has 5 heteroatoms. The van der Waals surface area contributed by atoms with E-state index in [2.05, 4.69) is 11.4 Å². The second kappa shape index (κ2) is 9.20. The maximum Gasteiger partial charge on any atom is 0.253 e. The van der Waals surface area contributed by atoms with E-state index >= 15 is 0 Å². The van der Waals surface area contributed by atoms with Crippen molar-refractivity contribution in [3.63, 3.8) is 0 Å². The summed E-state index contributed by atoms with van der Waals surface area (Å²) in [5, 5.41) is 2.82. The topological polar surface area (TPSA) is 56.8 Å². The van der Waals surface area contributed by atoms with Crippen LogP contribution < -0.4 is 10.1 Å². The molecule has 0 heterocycles. The molecule has 25 heavy (non-hydrogen) atoms. The van der Waals surface area contributed by atoms with Crippen molar-refractivity contribution < 1.29 is 19.0 Å². The van der Waals surface area contributed by atoms with Gasteiger partial charge >= 0.3 is 0 Å². The molecule has 2 aromatic carbocycles. The fourth-order valence-electron chi connectivity index (χ4n) is 2.36. The van der Waals surface area contributed by atoms with Crippen LogP contribution in [0.15, 0.2) is 42.5 Å². The Hall–Kier alpha value is -2.37. The second-order valence-electron chi connectivity index (χ2n) is 5.94. The van der Waals surface area contributed by atoms with Gasteiger partial charge < -0.3 is 19.5 Å². The average molecular weight is 343 g/mol. The summed E-state index contributed by atoms with van der Waals surface area (Å²) in [6.07, 6.45) is -0.540. The maximum atomic E-state index is 12.0. The summed E-state index contributed by atoms with van der Waals surface area (Å²) in [5.74, 6) is 1.32. The number of ether oxygens (including phenoxy) is 3. The minimum absolute atomic E-state index is 0.195. The summed E-state index contributed by atoms with van der Waals surface area (Å²) >= 11 is 0. The van der Waals surface area contributed by atoms with Gasteiger partial charge in [0.15, 0.2) is 0 Å². The lowest BCUT2D eigenvalue weighted by molar-refractivity contribution is -0.127. The lowest BCUT2D eigenvalue weighted by Gasteiger charge is -2.13. The van der Waals surface area contributed by atoms with Crippen LogP contribution in [-0.2, 0) is 14.3 Å². The first-order valence-corrected chi connectivity index (χ1v) is 8.25. The van der Waals surface area contributed by atoms with Crippen LogP contribution in [0.1, 0.15) is 18.1 Å². The van der Waals surface area contributed by atoms with Gasteiger partial charge in [-0.1, -0.05) is 6.07 Å². The van der Waals surface area contributed by atoms with Gasteiger partial charge in [-0.15, -0.1) is 0 Å². The monoisotopic (exact) mass is 343 g/mol. The Balaban J connectivity index is 1.92. The third-order valence-electron chi connectivity index (χ3n) is 3.58. The molecule has 0 saturated heterocycles. The molecule has 1 N–H and O–H groups in total. The number of amides is 1. The lowest BCUT2D eigenvalue weighted by atomic mass is 10.1. The number of carbonyl (C=O) groups is 1. The standard InChI is InChI=1S/C20H25NO4/c1-14-11-15(2)13-19(12-14)25-18-7-5-17(6-8-18)21-20(22)16(3)24-10-9-23-4/h5-8,11-13,16H,9-10H2,1-4H3,(H,21,22). The van der Waals surface area contributed by atoms with E-state index in [9.17, 15) is 4.79 Å². The fraction of sp³-hybridized carbons (Fsp3) is 0.350. The van der Waals surface area contributed by atoms with Gasteiger partial charge in [-0.05, 0) is 68.3 Å². The number of nitrogens with one attached hydrogen (secondary N) is 1. The summed E-state index contributed by atoms with van der Waals surface area (Å²) in [7, 11) is 1.59. The minimum atomic E-state index is -0.540. The zero-order chi connectivity index (χ0) is 18.2. The van der Waals surface area contributed by atoms with Gasteiger partial charge in [0, 0.05) is 12.8 Å². The zero-order valence-corrected chi connectivity index (χ0v) is 15.2. The molecule has 0 radical (unpaired) electrons. The van der Waals surface area contributed by atoms with Crippen LogP contribution in [0.4, 0.5) is 5.69 Å². The quantitative estimate of drug-likeness (QED) is 0.734. The first-order valence-electron chi connectivity index (χ1n) is 8.25. The van der Waals surface area contributed by atoms with Gasteiger partial charge in [0.05, 0.1) is 13.2 Å². The Labute approximate surface area is 148 Å². The average Bonchev–Trinajstić information content (AvgIpc) is 2.56. The van der Waals surface area contributed by atoms with E-state index in [0.717, 1.165) is 16.9 Å². The summed E-state index contributed by atoms with van der Waals surface area (Å²) < 4.78 is 16.1. The van der Waals surface area contributed by atoms with Crippen LogP contribution in [0.3, 0.4) is 0 Å². The number of hydrogen-bond acceptors (Lipinski definition) is 4. The summed E-state index contributed by atoms with van der Waals surface area (Å²) in [5.41, 5.74) is 3.00. The predicted octanol–water partition coefficient (Wildman–Crippen LogP) is 4.09. The Morgan fingerprint density at radius 1 is 1.00 bits per heavy atom. The van der Waals surface area contributed by atoms with Crippen molar-refractivity contribution in [2.75, 3.05) is 25.6 Å². The summed E-state index contributed by atoms with van der Waals surface area (Å²) in [6, 6.07) is 13.3. The van der Waals surface area contributed by atoms with Crippen LogP contribution in [0.25, 0.3) is 0 Å². The number of hydrogen-bond donors (Lipinski definition) is 1. The van der Waals surface area contributed by atoms with E-state index in [1.165, 1.54) is 0 Å². The van der Waals surface area contributed by atoms with Gasteiger partial charge in [0.25, 0.3) is 5.91 Å². The Kier molecular flexibility index (Phi) is 6.98. The predicted molar refractivity (Wildman–Crippen MR) is 98.4 cm³/mol. The molecule has 0 spiro atoms. The second-order valence-corrected chi connectivity index (χ2v) is 5.94. The number of benzene rings is 2. The Bertz CT molecular complexity index is 677. The van der Waals surface area contributed by atoms with Crippen LogP contribution in [-0.4, -0.2) is 32.3 Å². The van der Waals surface area contributed by atoms with Crippen molar-refractivity contribution in [2.45, 2.75) is 26.9 Å². The van der Waals surface area contributed by atoms with Crippen molar-refractivity contribution in [3.8, 4) is 11.5 Å². The number of methoxy groups -OCH3 is 1. The minimum Gasteiger partial charge on any atom is -0.457 e. The van der Waals surface area contributed by atoms with E-state index in [1.54, 1.807) is 26.2 Å². The number of aryl methyl sites for hydroxylation is 2. The summed E-state index contributed by atoms with van der Waals surface area (Å²) in [6.45, 7) is 6.63. The van der Waals surface area contributed by atoms with Gasteiger partial charge in [-0.25, -0.2) is 0 Å². The molecule has 0 bridgehead atoms. The molecule has 5 nitrogen and oxygen atoms in total. The molecule has 1 unspecified atom stereocenters. The van der Waals surface area contributed by atoms with Crippen LogP contribution in [0, 0.1) is 13.8 Å². The highest BCUT2D eigenvalue weighted by Crippen LogP contribution is 2.25. The molecule has 1 amide bonds. The van der Waals surface area contributed by atoms with Crippen molar-refractivity contribution >= 4 is 11.6 Å². The molecular formula is C20H25NO4. The zero-order valence-electron chi connectivity index (χ0n) is 15.2. The highest BCUT2D eigenvalue weighted by Gasteiger charge is 2.13. The highest BCUT2D eigenvalue weighted by molar-refractivity contribution is 5.93. The van der Waals surface area contributed by atoms with E-state index in [1.807, 2.05) is 38.1 Å². The van der Waals surface area contributed by atoms with E-state index in [0.29, 0.717) is 24.7 Å². The smallest absolute Gasteiger partial charge is 0.253 e. The molecule has 2 aromatic rings. The maximum absolute atomic E-state index is 12.0. The van der Waals surface area contributed by atoms with Gasteiger partial charge in [-0.2, -0.15) is 0 Å². The molecule has 134 valence electrons.